The molecule has 0 heterocycles. The Balaban J connectivity index is 3.20. The Morgan fingerprint density at radius 3 is 2.58 bits per heavy atom. The second-order valence-electron chi connectivity index (χ2n) is 5.06. The lowest BCUT2D eigenvalue weighted by molar-refractivity contribution is -0.126. The summed E-state index contributed by atoms with van der Waals surface area (Å²) in [6, 6.07) is 6.06. The molecule has 1 unspecified atom stereocenters. The SMILES string of the molecule is CCc1cccc(C)c1C(NC(C)=O)OC(C)(C)Cl. The summed E-state index contributed by atoms with van der Waals surface area (Å²) in [6.07, 6.45) is 0.347. The number of carbonyl (C=O) groups is 1. The smallest absolute Gasteiger partial charge is 0.219 e. The molecule has 0 fully saturated rings. The van der Waals surface area contributed by atoms with Crippen LogP contribution in [0.4, 0.5) is 0 Å². The van der Waals surface area contributed by atoms with Gasteiger partial charge < -0.3 is 10.1 Å². The Hall–Kier alpha value is -1.06. The fourth-order valence-corrected chi connectivity index (χ4v) is 2.14. The molecule has 0 aromatic heterocycles. The zero-order valence-corrected chi connectivity index (χ0v) is 13.0. The van der Waals surface area contributed by atoms with Gasteiger partial charge in [-0.25, -0.2) is 0 Å². The van der Waals surface area contributed by atoms with E-state index in [0.29, 0.717) is 0 Å². The molecule has 19 heavy (non-hydrogen) atoms. The van der Waals surface area contributed by atoms with E-state index in [1.807, 2.05) is 25.1 Å². The van der Waals surface area contributed by atoms with Crippen molar-refractivity contribution in [2.45, 2.75) is 52.3 Å². The molecular formula is C15H22ClNO2. The number of nitrogens with one attached hydrogen (secondary N) is 1. The van der Waals surface area contributed by atoms with Gasteiger partial charge >= 0.3 is 0 Å². The Kier molecular flexibility index (Phi) is 5.39. The molecular weight excluding hydrogens is 262 g/mol. The van der Waals surface area contributed by atoms with Crippen LogP contribution in [-0.2, 0) is 16.0 Å². The van der Waals surface area contributed by atoms with E-state index in [1.54, 1.807) is 13.8 Å². The van der Waals surface area contributed by atoms with Gasteiger partial charge in [-0.1, -0.05) is 36.7 Å². The number of hydrogen-bond donors (Lipinski definition) is 1. The third-order valence-corrected chi connectivity index (χ3v) is 2.88. The van der Waals surface area contributed by atoms with Crippen molar-refractivity contribution in [1.29, 1.82) is 0 Å². The van der Waals surface area contributed by atoms with Crippen molar-refractivity contribution in [2.75, 3.05) is 0 Å². The summed E-state index contributed by atoms with van der Waals surface area (Å²) in [5, 5.41) is 1.98. The minimum atomic E-state index is -0.847. The van der Waals surface area contributed by atoms with Gasteiger partial charge in [-0.3, -0.25) is 4.79 Å². The van der Waals surface area contributed by atoms with Gasteiger partial charge in [0.25, 0.3) is 0 Å². The number of ether oxygens (including phenoxy) is 1. The van der Waals surface area contributed by atoms with Gasteiger partial charge in [-0.2, -0.15) is 0 Å². The normalized spacial score (nSPS) is 13.2. The maximum absolute atomic E-state index is 11.4. The highest BCUT2D eigenvalue weighted by molar-refractivity contribution is 6.22. The van der Waals surface area contributed by atoms with Crippen LogP contribution in [0.1, 0.15) is 50.6 Å². The van der Waals surface area contributed by atoms with Crippen LogP contribution < -0.4 is 5.32 Å². The first kappa shape index (κ1) is 16.0. The lowest BCUT2D eigenvalue weighted by atomic mass is 9.98. The summed E-state index contributed by atoms with van der Waals surface area (Å²) in [5.41, 5.74) is 3.23. The molecule has 0 bridgehead atoms. The summed E-state index contributed by atoms with van der Waals surface area (Å²) in [7, 11) is 0. The van der Waals surface area contributed by atoms with Gasteiger partial charge in [-0.15, -0.1) is 0 Å². The highest BCUT2D eigenvalue weighted by Gasteiger charge is 2.25. The minimum Gasteiger partial charge on any atom is -0.333 e. The number of halogens is 1. The topological polar surface area (TPSA) is 38.3 Å². The maximum Gasteiger partial charge on any atom is 0.219 e. The molecule has 106 valence electrons. The molecule has 1 aromatic rings. The second-order valence-corrected chi connectivity index (χ2v) is 5.97. The van der Waals surface area contributed by atoms with Crippen LogP contribution in [0.25, 0.3) is 0 Å². The number of amides is 1. The van der Waals surface area contributed by atoms with Crippen LogP contribution in [-0.4, -0.2) is 11.0 Å². The third kappa shape index (κ3) is 4.84. The molecule has 0 aliphatic carbocycles. The van der Waals surface area contributed by atoms with Gasteiger partial charge in [0, 0.05) is 12.5 Å². The zero-order valence-electron chi connectivity index (χ0n) is 12.2. The minimum absolute atomic E-state index is 0.142. The number of aryl methyl sites for hydroxylation is 2. The van der Waals surface area contributed by atoms with Crippen molar-refractivity contribution < 1.29 is 9.53 Å². The summed E-state index contributed by atoms with van der Waals surface area (Å²) >= 11 is 6.14. The van der Waals surface area contributed by atoms with Gasteiger partial charge in [0.2, 0.25) is 5.91 Å². The van der Waals surface area contributed by atoms with E-state index in [9.17, 15) is 4.79 Å². The lowest BCUT2D eigenvalue weighted by Crippen LogP contribution is -2.34. The molecule has 1 N–H and O–H groups in total. The molecule has 0 aliphatic rings. The van der Waals surface area contributed by atoms with E-state index >= 15 is 0 Å². The van der Waals surface area contributed by atoms with E-state index in [0.717, 1.165) is 23.1 Å². The Labute approximate surface area is 120 Å². The van der Waals surface area contributed by atoms with Crippen molar-refractivity contribution in [3.8, 4) is 0 Å². The highest BCUT2D eigenvalue weighted by Crippen LogP contribution is 2.29. The van der Waals surface area contributed by atoms with Crippen LogP contribution in [0.5, 0.6) is 0 Å². The van der Waals surface area contributed by atoms with E-state index < -0.39 is 11.3 Å². The molecule has 1 atom stereocenters. The van der Waals surface area contributed by atoms with E-state index in [4.69, 9.17) is 16.3 Å². The maximum atomic E-state index is 11.4. The summed E-state index contributed by atoms with van der Waals surface area (Å²) < 4.78 is 5.79. The lowest BCUT2D eigenvalue weighted by Gasteiger charge is -2.29. The largest absolute Gasteiger partial charge is 0.333 e. The molecule has 3 nitrogen and oxygen atoms in total. The predicted octanol–water partition coefficient (Wildman–Crippen LogP) is 3.68. The van der Waals surface area contributed by atoms with Gasteiger partial charge in [-0.05, 0) is 38.3 Å². The van der Waals surface area contributed by atoms with Gasteiger partial charge in [0.15, 0.2) is 6.23 Å². The van der Waals surface area contributed by atoms with Crippen LogP contribution in [0.3, 0.4) is 0 Å². The van der Waals surface area contributed by atoms with E-state index in [1.165, 1.54) is 6.92 Å². The second kappa shape index (κ2) is 6.40. The molecule has 1 amide bonds. The average molecular weight is 284 g/mol. The van der Waals surface area contributed by atoms with Crippen LogP contribution >= 0.6 is 11.6 Å². The highest BCUT2D eigenvalue weighted by atomic mass is 35.5. The molecule has 0 radical (unpaired) electrons. The van der Waals surface area contributed by atoms with Gasteiger partial charge in [0.05, 0.1) is 0 Å². The van der Waals surface area contributed by atoms with Crippen molar-refractivity contribution >= 4 is 17.5 Å². The average Bonchev–Trinajstić information content (AvgIpc) is 2.25. The zero-order chi connectivity index (χ0) is 14.6. The molecule has 0 spiro atoms. The molecule has 1 rings (SSSR count). The number of hydrogen-bond acceptors (Lipinski definition) is 2. The van der Waals surface area contributed by atoms with Crippen molar-refractivity contribution in [1.82, 2.24) is 5.32 Å². The van der Waals surface area contributed by atoms with Crippen LogP contribution in [0.15, 0.2) is 18.2 Å². The molecule has 0 saturated carbocycles. The first-order chi connectivity index (χ1) is 8.74. The number of benzene rings is 1. The van der Waals surface area contributed by atoms with Crippen molar-refractivity contribution in [2.24, 2.45) is 0 Å². The first-order valence-corrected chi connectivity index (χ1v) is 6.84. The van der Waals surface area contributed by atoms with Crippen LogP contribution in [0, 0.1) is 6.92 Å². The Morgan fingerprint density at radius 2 is 2.11 bits per heavy atom. The summed E-state index contributed by atoms with van der Waals surface area (Å²) in [6.45, 7) is 9.07. The quantitative estimate of drug-likeness (QED) is 0.661. The van der Waals surface area contributed by atoms with E-state index in [2.05, 4.69) is 12.2 Å². The Morgan fingerprint density at radius 1 is 1.47 bits per heavy atom. The number of carbonyl (C=O) groups excluding carboxylic acids is 1. The van der Waals surface area contributed by atoms with E-state index in [-0.39, 0.29) is 5.91 Å². The fourth-order valence-electron chi connectivity index (χ4n) is 2.05. The summed E-state index contributed by atoms with van der Waals surface area (Å²) in [5.74, 6) is -0.142. The standard InChI is InChI=1S/C15H22ClNO2/c1-6-12-9-7-8-10(2)13(12)14(17-11(3)18)19-15(4,5)16/h7-9,14H,6H2,1-5H3,(H,17,18). The van der Waals surface area contributed by atoms with Gasteiger partial charge in [0.1, 0.15) is 5.06 Å². The molecule has 0 saturated heterocycles. The monoisotopic (exact) mass is 283 g/mol. The van der Waals surface area contributed by atoms with Crippen molar-refractivity contribution in [3.05, 3.63) is 34.9 Å². The fraction of sp³-hybridized carbons (Fsp3) is 0.533. The molecule has 0 aliphatic heterocycles. The van der Waals surface area contributed by atoms with Crippen LogP contribution in [0.2, 0.25) is 0 Å². The van der Waals surface area contributed by atoms with Crippen molar-refractivity contribution in [3.63, 3.8) is 0 Å². The molecule has 1 aromatic carbocycles. The number of alkyl halides is 1. The molecule has 4 heteroatoms. The number of rotatable bonds is 5. The first-order valence-electron chi connectivity index (χ1n) is 6.46. The Bertz CT molecular complexity index is 452. The predicted molar refractivity (Wildman–Crippen MR) is 78.1 cm³/mol. The third-order valence-electron chi connectivity index (χ3n) is 2.79. The summed E-state index contributed by atoms with van der Waals surface area (Å²) in [4.78, 5) is 11.4.